The molecule has 0 spiro atoms. The highest BCUT2D eigenvalue weighted by molar-refractivity contribution is 7.98. The summed E-state index contributed by atoms with van der Waals surface area (Å²) < 4.78 is 3.15. The van der Waals surface area contributed by atoms with E-state index in [9.17, 15) is 4.79 Å². The van der Waals surface area contributed by atoms with Crippen molar-refractivity contribution in [3.63, 3.8) is 0 Å². The molecule has 0 N–H and O–H groups in total. The summed E-state index contributed by atoms with van der Waals surface area (Å²) in [7, 11) is 0. The van der Waals surface area contributed by atoms with Gasteiger partial charge in [-0.3, -0.25) is 9.20 Å². The molecule has 3 aromatic heterocycles. The maximum absolute atomic E-state index is 12.2. The Labute approximate surface area is 157 Å². The molecule has 0 aliphatic carbocycles. The van der Waals surface area contributed by atoms with Crippen LogP contribution in [-0.2, 0) is 5.75 Å². The molecule has 0 atom stereocenters. The maximum atomic E-state index is 12.2. The second kappa shape index (κ2) is 6.89. The minimum Gasteiger partial charge on any atom is -0.269 e. The van der Waals surface area contributed by atoms with Crippen LogP contribution in [0.15, 0.2) is 58.6 Å². The molecular formula is C17H13ClN6OS. The van der Waals surface area contributed by atoms with E-state index >= 15 is 0 Å². The highest BCUT2D eigenvalue weighted by Gasteiger charge is 2.11. The number of hydrogen-bond donors (Lipinski definition) is 0. The number of thioether (sulfide) groups is 1. The second-order valence-electron chi connectivity index (χ2n) is 5.66. The van der Waals surface area contributed by atoms with Crippen molar-refractivity contribution in [3.05, 3.63) is 75.3 Å². The molecule has 4 aromatic rings. The largest absolute Gasteiger partial charge is 0.269 e. The summed E-state index contributed by atoms with van der Waals surface area (Å²) in [6, 6.07) is 12.5. The van der Waals surface area contributed by atoms with Gasteiger partial charge >= 0.3 is 0 Å². The summed E-state index contributed by atoms with van der Waals surface area (Å²) in [4.78, 5) is 16.8. The molecule has 9 heteroatoms. The Bertz CT molecular complexity index is 1140. The van der Waals surface area contributed by atoms with Gasteiger partial charge in [-0.05, 0) is 59.3 Å². The molecule has 0 radical (unpaired) electrons. The van der Waals surface area contributed by atoms with Crippen molar-refractivity contribution in [3.8, 4) is 5.69 Å². The van der Waals surface area contributed by atoms with Crippen LogP contribution in [0.2, 0.25) is 5.02 Å². The third-order valence-electron chi connectivity index (χ3n) is 3.74. The highest BCUT2D eigenvalue weighted by Crippen LogP contribution is 2.22. The Kier molecular flexibility index (Phi) is 4.44. The lowest BCUT2D eigenvalue weighted by Crippen LogP contribution is -2.15. The van der Waals surface area contributed by atoms with Crippen LogP contribution in [0.3, 0.4) is 0 Å². The van der Waals surface area contributed by atoms with Gasteiger partial charge in [0.2, 0.25) is 5.16 Å². The molecule has 4 rings (SSSR count). The smallest absolute Gasteiger partial charge is 0.258 e. The number of tetrazole rings is 1. The zero-order valence-corrected chi connectivity index (χ0v) is 15.3. The zero-order chi connectivity index (χ0) is 18.1. The molecule has 0 fully saturated rings. The van der Waals surface area contributed by atoms with Gasteiger partial charge in [-0.25, -0.2) is 4.98 Å². The molecule has 1 aromatic carbocycles. The Morgan fingerprint density at radius 2 is 1.96 bits per heavy atom. The molecule has 0 aliphatic heterocycles. The van der Waals surface area contributed by atoms with Crippen molar-refractivity contribution in [1.82, 2.24) is 29.6 Å². The number of aryl methyl sites for hydroxylation is 1. The first-order valence-electron chi connectivity index (χ1n) is 7.76. The molecule has 0 amide bonds. The number of pyridine rings is 1. The second-order valence-corrected chi connectivity index (χ2v) is 7.04. The molecule has 130 valence electrons. The van der Waals surface area contributed by atoms with Gasteiger partial charge in [0.1, 0.15) is 5.65 Å². The van der Waals surface area contributed by atoms with Gasteiger partial charge < -0.3 is 0 Å². The van der Waals surface area contributed by atoms with Gasteiger partial charge in [-0.15, -0.1) is 5.10 Å². The lowest BCUT2D eigenvalue weighted by Gasteiger charge is -2.06. The topological polar surface area (TPSA) is 78.0 Å². The highest BCUT2D eigenvalue weighted by atomic mass is 35.5. The van der Waals surface area contributed by atoms with Crippen molar-refractivity contribution in [2.75, 3.05) is 0 Å². The van der Waals surface area contributed by atoms with Crippen LogP contribution in [-0.4, -0.2) is 29.6 Å². The number of hydrogen-bond acceptors (Lipinski definition) is 6. The average molecular weight is 385 g/mol. The summed E-state index contributed by atoms with van der Waals surface area (Å²) in [5, 5.41) is 13.1. The lowest BCUT2D eigenvalue weighted by atomic mass is 10.3. The molecular weight excluding hydrogens is 372 g/mol. The van der Waals surface area contributed by atoms with Gasteiger partial charge in [0.15, 0.2) is 0 Å². The summed E-state index contributed by atoms with van der Waals surface area (Å²) in [6.07, 6.45) is 1.73. The summed E-state index contributed by atoms with van der Waals surface area (Å²) in [6.45, 7) is 1.97. The van der Waals surface area contributed by atoms with E-state index < -0.39 is 0 Å². The van der Waals surface area contributed by atoms with Crippen molar-refractivity contribution in [2.45, 2.75) is 17.8 Å². The minimum atomic E-state index is -0.108. The fraction of sp³-hybridized carbons (Fsp3) is 0.118. The summed E-state index contributed by atoms with van der Waals surface area (Å²) >= 11 is 7.33. The van der Waals surface area contributed by atoms with Gasteiger partial charge in [0.05, 0.1) is 11.4 Å². The van der Waals surface area contributed by atoms with Crippen LogP contribution >= 0.6 is 23.4 Å². The maximum Gasteiger partial charge on any atom is 0.258 e. The van der Waals surface area contributed by atoms with Crippen molar-refractivity contribution in [2.24, 2.45) is 0 Å². The number of benzene rings is 1. The molecule has 0 unspecified atom stereocenters. The summed E-state index contributed by atoms with van der Waals surface area (Å²) in [5.74, 6) is 0.480. The first-order chi connectivity index (χ1) is 12.6. The SMILES string of the molecule is Cc1ccn2c(=O)cc(CSc3nnnn3-c3ccc(Cl)cc3)nc2c1. The molecule has 3 heterocycles. The van der Waals surface area contributed by atoms with Crippen LogP contribution in [0.25, 0.3) is 11.3 Å². The van der Waals surface area contributed by atoms with Crippen LogP contribution in [0.1, 0.15) is 11.3 Å². The Morgan fingerprint density at radius 1 is 1.15 bits per heavy atom. The van der Waals surface area contributed by atoms with Crippen LogP contribution in [0.5, 0.6) is 0 Å². The molecule has 0 bridgehead atoms. The van der Waals surface area contributed by atoms with Gasteiger partial charge in [0, 0.05) is 23.0 Å². The molecule has 26 heavy (non-hydrogen) atoms. The van der Waals surface area contributed by atoms with E-state index in [1.807, 2.05) is 31.2 Å². The molecule has 0 saturated carbocycles. The van der Waals surface area contributed by atoms with E-state index in [1.54, 1.807) is 23.0 Å². The quantitative estimate of drug-likeness (QED) is 0.503. The van der Waals surface area contributed by atoms with E-state index in [-0.39, 0.29) is 5.56 Å². The average Bonchev–Trinajstić information content (AvgIpc) is 3.09. The van der Waals surface area contributed by atoms with Gasteiger partial charge in [-0.2, -0.15) is 4.68 Å². The van der Waals surface area contributed by atoms with Crippen molar-refractivity contribution < 1.29 is 0 Å². The van der Waals surface area contributed by atoms with Gasteiger partial charge in [0.25, 0.3) is 5.56 Å². The van der Waals surface area contributed by atoms with Gasteiger partial charge in [-0.1, -0.05) is 23.4 Å². The fourth-order valence-electron chi connectivity index (χ4n) is 2.48. The Hall–Kier alpha value is -2.71. The number of fused-ring (bicyclic) bond motifs is 1. The third kappa shape index (κ3) is 3.33. The lowest BCUT2D eigenvalue weighted by molar-refractivity contribution is 0.756. The van der Waals surface area contributed by atoms with E-state index in [4.69, 9.17) is 11.6 Å². The molecule has 7 nitrogen and oxygen atoms in total. The van der Waals surface area contributed by atoms with Crippen molar-refractivity contribution >= 4 is 29.0 Å². The first kappa shape index (κ1) is 16.7. The predicted molar refractivity (Wildman–Crippen MR) is 99.9 cm³/mol. The van der Waals surface area contributed by atoms with Crippen LogP contribution in [0.4, 0.5) is 0 Å². The summed E-state index contributed by atoms with van der Waals surface area (Å²) in [5.41, 5.74) is 3.06. The minimum absolute atomic E-state index is 0.108. The Morgan fingerprint density at radius 3 is 2.77 bits per heavy atom. The van der Waals surface area contributed by atoms with E-state index in [0.29, 0.717) is 27.3 Å². The zero-order valence-electron chi connectivity index (χ0n) is 13.7. The van der Waals surface area contributed by atoms with Crippen LogP contribution < -0.4 is 5.56 Å². The number of nitrogens with zero attached hydrogens (tertiary/aromatic N) is 6. The van der Waals surface area contributed by atoms with E-state index in [1.165, 1.54) is 22.2 Å². The molecule has 0 aliphatic rings. The van der Waals surface area contributed by atoms with Crippen LogP contribution in [0, 0.1) is 6.92 Å². The number of aromatic nitrogens is 6. The Balaban J connectivity index is 1.60. The predicted octanol–water partition coefficient (Wildman–Crippen LogP) is 2.92. The number of halogens is 1. The fourth-order valence-corrected chi connectivity index (χ4v) is 3.39. The third-order valence-corrected chi connectivity index (χ3v) is 4.94. The standard InChI is InChI=1S/C17H13ClN6OS/c1-11-6-7-23-15(8-11)19-13(9-16(23)25)10-26-17-20-21-22-24(17)14-4-2-12(18)3-5-14/h2-9H,10H2,1H3. The van der Waals surface area contributed by atoms with E-state index in [2.05, 4.69) is 20.5 Å². The number of rotatable bonds is 4. The normalized spacial score (nSPS) is 11.2. The van der Waals surface area contributed by atoms with Crippen molar-refractivity contribution in [1.29, 1.82) is 0 Å². The molecule has 0 saturated heterocycles. The first-order valence-corrected chi connectivity index (χ1v) is 9.12. The van der Waals surface area contributed by atoms with E-state index in [0.717, 1.165) is 11.3 Å². The monoisotopic (exact) mass is 384 g/mol.